The van der Waals surface area contributed by atoms with Gasteiger partial charge in [-0.05, 0) is 49.3 Å². The van der Waals surface area contributed by atoms with E-state index < -0.39 is 0 Å². The lowest BCUT2D eigenvalue weighted by Gasteiger charge is -2.23. The average Bonchev–Trinajstić information content (AvgIpc) is 2.16. The SMILES string of the molecule is CC(C)(N)CCc1cc(F)c(Cl)c(C(C)(C)C)c1. The van der Waals surface area contributed by atoms with Gasteiger partial charge in [0.05, 0.1) is 5.02 Å². The van der Waals surface area contributed by atoms with Gasteiger partial charge in [-0.1, -0.05) is 38.4 Å². The van der Waals surface area contributed by atoms with Gasteiger partial charge in [0.25, 0.3) is 0 Å². The summed E-state index contributed by atoms with van der Waals surface area (Å²) in [5.74, 6) is -0.339. The summed E-state index contributed by atoms with van der Waals surface area (Å²) >= 11 is 6.04. The van der Waals surface area contributed by atoms with Gasteiger partial charge >= 0.3 is 0 Å². The largest absolute Gasteiger partial charge is 0.326 e. The van der Waals surface area contributed by atoms with Crippen LogP contribution in [0, 0.1) is 5.82 Å². The van der Waals surface area contributed by atoms with E-state index in [2.05, 4.69) is 0 Å². The third-order valence-corrected chi connectivity index (χ3v) is 3.34. The van der Waals surface area contributed by atoms with Crippen LogP contribution in [-0.4, -0.2) is 5.54 Å². The average molecular weight is 272 g/mol. The van der Waals surface area contributed by atoms with Crippen molar-refractivity contribution < 1.29 is 4.39 Å². The van der Waals surface area contributed by atoms with Crippen molar-refractivity contribution >= 4 is 11.6 Å². The highest BCUT2D eigenvalue weighted by atomic mass is 35.5. The molecule has 3 heteroatoms. The van der Waals surface area contributed by atoms with Crippen molar-refractivity contribution in [1.29, 1.82) is 0 Å². The van der Waals surface area contributed by atoms with Crippen LogP contribution in [0.5, 0.6) is 0 Å². The lowest BCUT2D eigenvalue weighted by atomic mass is 9.85. The first-order chi connectivity index (χ1) is 8.00. The highest BCUT2D eigenvalue weighted by Crippen LogP contribution is 2.32. The van der Waals surface area contributed by atoms with Crippen LogP contribution in [0.15, 0.2) is 12.1 Å². The van der Waals surface area contributed by atoms with E-state index in [0.717, 1.165) is 24.0 Å². The summed E-state index contributed by atoms with van der Waals surface area (Å²) in [6.07, 6.45) is 1.58. The quantitative estimate of drug-likeness (QED) is 0.864. The Hall–Kier alpha value is -0.600. The highest BCUT2D eigenvalue weighted by Gasteiger charge is 2.21. The molecule has 0 amide bonds. The first-order valence-corrected chi connectivity index (χ1v) is 6.66. The van der Waals surface area contributed by atoms with Gasteiger partial charge in [0, 0.05) is 5.54 Å². The second kappa shape index (κ2) is 5.18. The number of halogens is 2. The summed E-state index contributed by atoms with van der Waals surface area (Å²) in [5, 5.41) is 0.234. The lowest BCUT2D eigenvalue weighted by Crippen LogP contribution is -2.32. The minimum Gasteiger partial charge on any atom is -0.326 e. The molecule has 1 aromatic rings. The molecule has 0 aliphatic carbocycles. The van der Waals surface area contributed by atoms with Gasteiger partial charge < -0.3 is 5.73 Å². The van der Waals surface area contributed by atoms with Crippen LogP contribution in [0.1, 0.15) is 52.2 Å². The molecule has 1 aromatic carbocycles. The molecule has 0 heterocycles. The number of hydrogen-bond acceptors (Lipinski definition) is 1. The van der Waals surface area contributed by atoms with E-state index in [0.29, 0.717) is 0 Å². The molecule has 0 aliphatic heterocycles. The van der Waals surface area contributed by atoms with Gasteiger partial charge in [0.1, 0.15) is 5.82 Å². The summed E-state index contributed by atoms with van der Waals surface area (Å²) in [5.41, 5.74) is 7.37. The Balaban J connectivity index is 3.06. The van der Waals surface area contributed by atoms with E-state index in [1.54, 1.807) is 0 Å². The van der Waals surface area contributed by atoms with Crippen molar-refractivity contribution in [3.63, 3.8) is 0 Å². The number of rotatable bonds is 3. The highest BCUT2D eigenvalue weighted by molar-refractivity contribution is 6.31. The van der Waals surface area contributed by atoms with Gasteiger partial charge in [0.2, 0.25) is 0 Å². The van der Waals surface area contributed by atoms with Crippen molar-refractivity contribution in [3.8, 4) is 0 Å². The van der Waals surface area contributed by atoms with Gasteiger partial charge in [0.15, 0.2) is 0 Å². The molecule has 0 saturated heterocycles. The van der Waals surface area contributed by atoms with Crippen molar-refractivity contribution in [2.75, 3.05) is 0 Å². The molecule has 0 spiro atoms. The Kier molecular flexibility index (Phi) is 4.45. The Morgan fingerprint density at radius 1 is 1.17 bits per heavy atom. The van der Waals surface area contributed by atoms with Crippen molar-refractivity contribution in [1.82, 2.24) is 0 Å². The molecule has 2 N–H and O–H groups in total. The monoisotopic (exact) mass is 271 g/mol. The second-order valence-corrected chi connectivity index (χ2v) is 7.06. The first-order valence-electron chi connectivity index (χ1n) is 6.28. The lowest BCUT2D eigenvalue weighted by molar-refractivity contribution is 0.475. The summed E-state index contributed by atoms with van der Waals surface area (Å²) < 4.78 is 13.8. The maximum Gasteiger partial charge on any atom is 0.142 e. The number of benzene rings is 1. The molecule has 1 nitrogen and oxygen atoms in total. The fraction of sp³-hybridized carbons (Fsp3) is 0.600. The molecule has 0 atom stereocenters. The smallest absolute Gasteiger partial charge is 0.142 e. The van der Waals surface area contributed by atoms with E-state index in [9.17, 15) is 4.39 Å². The third-order valence-electron chi connectivity index (χ3n) is 2.95. The van der Waals surface area contributed by atoms with E-state index in [1.807, 2.05) is 40.7 Å². The predicted molar refractivity (Wildman–Crippen MR) is 76.7 cm³/mol. The molecule has 1 rings (SSSR count). The molecular formula is C15H23ClFN. The van der Waals surface area contributed by atoms with Crippen LogP contribution < -0.4 is 5.73 Å². The van der Waals surface area contributed by atoms with E-state index >= 15 is 0 Å². The van der Waals surface area contributed by atoms with Crippen LogP contribution in [0.25, 0.3) is 0 Å². The number of aryl methyl sites for hydroxylation is 1. The minimum absolute atomic E-state index is 0.161. The third kappa shape index (κ3) is 4.25. The zero-order chi connectivity index (χ0) is 14.1. The van der Waals surface area contributed by atoms with Crippen LogP contribution in [-0.2, 0) is 11.8 Å². The minimum atomic E-state index is -0.339. The maximum absolute atomic E-state index is 13.8. The van der Waals surface area contributed by atoms with Gasteiger partial charge in [-0.3, -0.25) is 0 Å². The maximum atomic E-state index is 13.8. The molecule has 18 heavy (non-hydrogen) atoms. The second-order valence-electron chi connectivity index (χ2n) is 6.68. The predicted octanol–water partition coefficient (Wildman–Crippen LogP) is 4.45. The normalized spacial score (nSPS) is 12.9. The molecule has 0 bridgehead atoms. The van der Waals surface area contributed by atoms with Crippen molar-refractivity contribution in [2.24, 2.45) is 5.73 Å². The molecule has 0 saturated carbocycles. The molecule has 0 radical (unpaired) electrons. The molecular weight excluding hydrogens is 249 g/mol. The van der Waals surface area contributed by atoms with Crippen LogP contribution in [0.2, 0.25) is 5.02 Å². The Bertz CT molecular complexity index is 427. The van der Waals surface area contributed by atoms with Crippen molar-refractivity contribution in [2.45, 2.75) is 58.4 Å². The van der Waals surface area contributed by atoms with Gasteiger partial charge in [-0.15, -0.1) is 0 Å². The summed E-state index contributed by atoms with van der Waals surface area (Å²) in [4.78, 5) is 0. The van der Waals surface area contributed by atoms with E-state index in [-0.39, 0.29) is 21.8 Å². The Morgan fingerprint density at radius 3 is 2.17 bits per heavy atom. The van der Waals surface area contributed by atoms with Crippen LogP contribution in [0.3, 0.4) is 0 Å². The topological polar surface area (TPSA) is 26.0 Å². The fourth-order valence-corrected chi connectivity index (χ4v) is 2.19. The van der Waals surface area contributed by atoms with Crippen molar-refractivity contribution in [3.05, 3.63) is 34.1 Å². The van der Waals surface area contributed by atoms with E-state index in [4.69, 9.17) is 17.3 Å². The van der Waals surface area contributed by atoms with Crippen LogP contribution in [0.4, 0.5) is 4.39 Å². The van der Waals surface area contributed by atoms with Crippen LogP contribution >= 0.6 is 11.6 Å². The molecule has 0 unspecified atom stereocenters. The molecule has 102 valence electrons. The summed E-state index contributed by atoms with van der Waals surface area (Å²) in [7, 11) is 0. The summed E-state index contributed by atoms with van der Waals surface area (Å²) in [6.45, 7) is 10.0. The standard InChI is InChI=1S/C15H23ClFN/c1-14(2,3)11-8-10(6-7-15(4,5)18)9-12(17)13(11)16/h8-9H,6-7,18H2,1-5H3. The number of nitrogens with two attached hydrogens (primary N) is 1. The summed E-state index contributed by atoms with van der Waals surface area (Å²) in [6, 6.07) is 3.51. The number of hydrogen-bond donors (Lipinski definition) is 1. The first kappa shape index (κ1) is 15.5. The van der Waals surface area contributed by atoms with E-state index in [1.165, 1.54) is 6.07 Å². The van der Waals surface area contributed by atoms with Gasteiger partial charge in [-0.25, -0.2) is 4.39 Å². The molecule has 0 aliphatic rings. The fourth-order valence-electron chi connectivity index (χ4n) is 1.80. The Labute approximate surface area is 115 Å². The zero-order valence-electron chi connectivity index (χ0n) is 11.9. The zero-order valence-corrected chi connectivity index (χ0v) is 12.7. The molecule has 0 fully saturated rings. The van der Waals surface area contributed by atoms with Gasteiger partial charge in [-0.2, -0.15) is 0 Å². The molecule has 0 aromatic heterocycles. The Morgan fingerprint density at radius 2 is 1.72 bits per heavy atom.